The van der Waals surface area contributed by atoms with Crippen LogP contribution in [0.5, 0.6) is 11.5 Å². The molecule has 1 N–H and O–H groups in total. The van der Waals surface area contributed by atoms with Crippen molar-refractivity contribution >= 4 is 0 Å². The predicted octanol–water partition coefficient (Wildman–Crippen LogP) is 2.31. The third kappa shape index (κ3) is 3.12. The van der Waals surface area contributed by atoms with Crippen LogP contribution in [0.3, 0.4) is 0 Å². The first kappa shape index (κ1) is 12.8. The van der Waals surface area contributed by atoms with E-state index in [0.717, 1.165) is 17.1 Å². The smallest absolute Gasteiger partial charge is 0.127 e. The van der Waals surface area contributed by atoms with E-state index in [9.17, 15) is 0 Å². The summed E-state index contributed by atoms with van der Waals surface area (Å²) in [7, 11) is 3.28. The van der Waals surface area contributed by atoms with E-state index >= 15 is 0 Å². The zero-order chi connectivity index (χ0) is 12.0. The molecule has 16 heavy (non-hydrogen) atoms. The van der Waals surface area contributed by atoms with Crippen molar-refractivity contribution in [3.8, 4) is 11.5 Å². The summed E-state index contributed by atoms with van der Waals surface area (Å²) in [5.74, 6) is 1.57. The fourth-order valence-corrected chi connectivity index (χ4v) is 1.45. The Morgan fingerprint density at radius 3 is 2.56 bits per heavy atom. The van der Waals surface area contributed by atoms with Crippen LogP contribution >= 0.6 is 0 Å². The van der Waals surface area contributed by atoms with Crippen LogP contribution in [0.15, 0.2) is 18.2 Å². The molecule has 1 atom stereocenters. The average molecular weight is 225 g/mol. The molecule has 1 unspecified atom stereocenters. The number of hydroxylamine groups is 1. The number of benzene rings is 1. The van der Waals surface area contributed by atoms with Crippen LogP contribution in [-0.2, 0) is 4.84 Å². The lowest BCUT2D eigenvalue weighted by atomic mass is 10.1. The molecule has 0 saturated carbocycles. The fourth-order valence-electron chi connectivity index (χ4n) is 1.45. The summed E-state index contributed by atoms with van der Waals surface area (Å²) < 4.78 is 10.5. The largest absolute Gasteiger partial charge is 0.497 e. The van der Waals surface area contributed by atoms with Crippen LogP contribution in [0, 0.1) is 0 Å². The maximum absolute atomic E-state index is 5.31. The van der Waals surface area contributed by atoms with Gasteiger partial charge in [0.05, 0.1) is 26.9 Å². The second-order valence-corrected chi connectivity index (χ2v) is 3.38. The molecule has 4 heteroatoms. The number of methoxy groups -OCH3 is 2. The molecular weight excluding hydrogens is 206 g/mol. The first-order valence-electron chi connectivity index (χ1n) is 5.32. The molecule has 0 bridgehead atoms. The van der Waals surface area contributed by atoms with Crippen molar-refractivity contribution in [1.29, 1.82) is 0 Å². The summed E-state index contributed by atoms with van der Waals surface area (Å²) in [6.07, 6.45) is 0. The molecule has 0 aromatic heterocycles. The summed E-state index contributed by atoms with van der Waals surface area (Å²) in [5.41, 5.74) is 3.98. The van der Waals surface area contributed by atoms with Gasteiger partial charge < -0.3 is 14.3 Å². The van der Waals surface area contributed by atoms with Gasteiger partial charge in [0.25, 0.3) is 0 Å². The number of nitrogens with one attached hydrogen (secondary N) is 1. The third-order valence-electron chi connectivity index (χ3n) is 2.31. The quantitative estimate of drug-likeness (QED) is 0.754. The third-order valence-corrected chi connectivity index (χ3v) is 2.31. The fraction of sp³-hybridized carbons (Fsp3) is 0.500. The van der Waals surface area contributed by atoms with Gasteiger partial charge in [0.15, 0.2) is 0 Å². The van der Waals surface area contributed by atoms with Gasteiger partial charge in [0, 0.05) is 11.6 Å². The van der Waals surface area contributed by atoms with Crippen molar-refractivity contribution in [3.63, 3.8) is 0 Å². The first-order chi connectivity index (χ1) is 7.72. The molecule has 0 aliphatic heterocycles. The molecule has 1 aromatic carbocycles. The summed E-state index contributed by atoms with van der Waals surface area (Å²) in [6.45, 7) is 4.58. The van der Waals surface area contributed by atoms with Gasteiger partial charge in [0.1, 0.15) is 11.5 Å². The summed E-state index contributed by atoms with van der Waals surface area (Å²) >= 11 is 0. The van der Waals surface area contributed by atoms with Crippen LogP contribution in [0.1, 0.15) is 25.5 Å². The minimum atomic E-state index is 0.0702. The molecule has 0 fully saturated rings. The van der Waals surface area contributed by atoms with Crippen LogP contribution < -0.4 is 15.0 Å². The Hall–Kier alpha value is -1.26. The van der Waals surface area contributed by atoms with Crippen molar-refractivity contribution in [2.45, 2.75) is 19.9 Å². The van der Waals surface area contributed by atoms with Gasteiger partial charge in [-0.3, -0.25) is 0 Å². The maximum atomic E-state index is 5.31. The zero-order valence-corrected chi connectivity index (χ0v) is 10.2. The Bertz CT molecular complexity index is 328. The highest BCUT2D eigenvalue weighted by molar-refractivity contribution is 5.42. The van der Waals surface area contributed by atoms with E-state index in [2.05, 4.69) is 5.48 Å². The zero-order valence-electron chi connectivity index (χ0n) is 10.2. The molecule has 90 valence electrons. The Kier molecular flexibility index (Phi) is 5.08. The molecule has 0 amide bonds. The molecule has 4 nitrogen and oxygen atoms in total. The number of hydrogen-bond donors (Lipinski definition) is 1. The highest BCUT2D eigenvalue weighted by atomic mass is 16.6. The Labute approximate surface area is 96.5 Å². The lowest BCUT2D eigenvalue weighted by Crippen LogP contribution is -2.19. The van der Waals surface area contributed by atoms with Crippen molar-refractivity contribution in [3.05, 3.63) is 23.8 Å². The maximum Gasteiger partial charge on any atom is 0.127 e. The molecule has 0 spiro atoms. The minimum Gasteiger partial charge on any atom is -0.497 e. The molecule has 0 heterocycles. The van der Waals surface area contributed by atoms with E-state index in [1.165, 1.54) is 0 Å². The topological polar surface area (TPSA) is 39.7 Å². The van der Waals surface area contributed by atoms with Gasteiger partial charge >= 0.3 is 0 Å². The Balaban J connectivity index is 2.85. The normalized spacial score (nSPS) is 12.2. The van der Waals surface area contributed by atoms with Gasteiger partial charge in [-0.15, -0.1) is 0 Å². The van der Waals surface area contributed by atoms with E-state index in [1.54, 1.807) is 14.2 Å². The SMILES string of the molecule is CCONC(C)c1ccc(OC)cc1OC. The number of rotatable bonds is 6. The molecular formula is C12H19NO3. The summed E-state index contributed by atoms with van der Waals surface area (Å²) in [5, 5.41) is 0. The number of ether oxygens (including phenoxy) is 2. The van der Waals surface area contributed by atoms with Crippen molar-refractivity contribution in [2.24, 2.45) is 0 Å². The molecule has 0 aliphatic rings. The molecule has 1 aromatic rings. The van der Waals surface area contributed by atoms with Crippen LogP contribution in [0.25, 0.3) is 0 Å². The lowest BCUT2D eigenvalue weighted by molar-refractivity contribution is 0.0279. The standard InChI is InChI=1S/C12H19NO3/c1-5-16-13-9(2)11-7-6-10(14-3)8-12(11)15-4/h6-9,13H,5H2,1-4H3. The second kappa shape index (κ2) is 6.35. The van der Waals surface area contributed by atoms with E-state index in [0.29, 0.717) is 6.61 Å². The minimum absolute atomic E-state index is 0.0702. The van der Waals surface area contributed by atoms with Crippen molar-refractivity contribution in [1.82, 2.24) is 5.48 Å². The molecule has 0 saturated heterocycles. The van der Waals surface area contributed by atoms with Crippen LogP contribution in [-0.4, -0.2) is 20.8 Å². The number of hydrogen-bond acceptors (Lipinski definition) is 4. The van der Waals surface area contributed by atoms with E-state index in [-0.39, 0.29) is 6.04 Å². The Morgan fingerprint density at radius 2 is 2.00 bits per heavy atom. The molecule has 0 aliphatic carbocycles. The van der Waals surface area contributed by atoms with Crippen LogP contribution in [0.4, 0.5) is 0 Å². The van der Waals surface area contributed by atoms with Gasteiger partial charge in [0.2, 0.25) is 0 Å². The molecule has 0 radical (unpaired) electrons. The van der Waals surface area contributed by atoms with Crippen LogP contribution in [0.2, 0.25) is 0 Å². The van der Waals surface area contributed by atoms with E-state index < -0.39 is 0 Å². The molecule has 1 rings (SSSR count). The van der Waals surface area contributed by atoms with Crippen molar-refractivity contribution in [2.75, 3.05) is 20.8 Å². The lowest BCUT2D eigenvalue weighted by Gasteiger charge is -2.17. The summed E-state index contributed by atoms with van der Waals surface area (Å²) in [4.78, 5) is 5.17. The van der Waals surface area contributed by atoms with E-state index in [1.807, 2.05) is 32.0 Å². The van der Waals surface area contributed by atoms with Gasteiger partial charge in [-0.05, 0) is 26.0 Å². The van der Waals surface area contributed by atoms with Gasteiger partial charge in [-0.25, -0.2) is 0 Å². The monoisotopic (exact) mass is 225 g/mol. The summed E-state index contributed by atoms with van der Waals surface area (Å²) in [6, 6.07) is 5.80. The second-order valence-electron chi connectivity index (χ2n) is 3.38. The first-order valence-corrected chi connectivity index (χ1v) is 5.32. The average Bonchev–Trinajstić information content (AvgIpc) is 2.34. The van der Waals surface area contributed by atoms with Gasteiger partial charge in [-0.1, -0.05) is 0 Å². The predicted molar refractivity (Wildman–Crippen MR) is 62.7 cm³/mol. The van der Waals surface area contributed by atoms with Gasteiger partial charge in [-0.2, -0.15) is 5.48 Å². The van der Waals surface area contributed by atoms with Crippen molar-refractivity contribution < 1.29 is 14.3 Å². The Morgan fingerprint density at radius 1 is 1.25 bits per heavy atom. The van der Waals surface area contributed by atoms with E-state index in [4.69, 9.17) is 14.3 Å². The highest BCUT2D eigenvalue weighted by Gasteiger charge is 2.11. The highest BCUT2D eigenvalue weighted by Crippen LogP contribution is 2.29.